The quantitative estimate of drug-likeness (QED) is 0.491. The monoisotopic (exact) mass is 394 g/mol. The predicted octanol–water partition coefficient (Wildman–Crippen LogP) is 7.57. The van der Waals surface area contributed by atoms with Crippen molar-refractivity contribution in [3.8, 4) is 5.75 Å². The molecule has 1 nitrogen and oxygen atoms in total. The average Bonchev–Trinajstić information content (AvgIpc) is 2.74. The van der Waals surface area contributed by atoms with Crippen LogP contribution in [0.5, 0.6) is 5.75 Å². The van der Waals surface area contributed by atoms with E-state index in [4.69, 9.17) is 4.74 Å². The molecule has 0 aromatic heterocycles. The third-order valence-corrected chi connectivity index (χ3v) is 7.20. The number of benzene rings is 2. The van der Waals surface area contributed by atoms with Gasteiger partial charge in [-0.2, -0.15) is 0 Å². The lowest BCUT2D eigenvalue weighted by atomic mass is 9.76. The van der Waals surface area contributed by atoms with E-state index in [-0.39, 0.29) is 11.7 Å². The lowest BCUT2D eigenvalue weighted by molar-refractivity contribution is 0.308. The molecule has 0 N–H and O–H groups in total. The summed E-state index contributed by atoms with van der Waals surface area (Å²) in [6.07, 6.45) is 10.7. The first-order chi connectivity index (χ1) is 14.2. The minimum Gasteiger partial charge on any atom is -0.494 e. The lowest BCUT2D eigenvalue weighted by Gasteiger charge is -2.29. The third-order valence-electron chi connectivity index (χ3n) is 7.20. The SMILES string of the molecule is CCCC1CCC(c2ccc(C3CCc4cc(OCC)ccc4C3)c(F)c2)CC1. The van der Waals surface area contributed by atoms with Gasteiger partial charge in [-0.3, -0.25) is 0 Å². The number of fused-ring (bicyclic) bond motifs is 1. The van der Waals surface area contributed by atoms with Gasteiger partial charge in [0, 0.05) is 0 Å². The first kappa shape index (κ1) is 20.4. The van der Waals surface area contributed by atoms with Crippen molar-refractivity contribution in [2.24, 2.45) is 5.92 Å². The van der Waals surface area contributed by atoms with E-state index in [0.29, 0.717) is 12.5 Å². The maximum atomic E-state index is 15.1. The van der Waals surface area contributed by atoms with E-state index in [1.165, 1.54) is 55.2 Å². The fourth-order valence-corrected chi connectivity index (χ4v) is 5.57. The highest BCUT2D eigenvalue weighted by atomic mass is 19.1. The van der Waals surface area contributed by atoms with Gasteiger partial charge in [-0.05, 0) is 110 Å². The Hall–Kier alpha value is -1.83. The van der Waals surface area contributed by atoms with Gasteiger partial charge < -0.3 is 4.74 Å². The van der Waals surface area contributed by atoms with E-state index < -0.39 is 0 Å². The Bertz CT molecular complexity index is 819. The Labute approximate surface area is 175 Å². The van der Waals surface area contributed by atoms with Crippen molar-refractivity contribution in [1.29, 1.82) is 0 Å². The Balaban J connectivity index is 1.43. The van der Waals surface area contributed by atoms with Crippen molar-refractivity contribution < 1.29 is 9.13 Å². The molecule has 1 fully saturated rings. The molecule has 0 saturated heterocycles. The summed E-state index contributed by atoms with van der Waals surface area (Å²) in [5.74, 6) is 2.70. The topological polar surface area (TPSA) is 9.23 Å². The van der Waals surface area contributed by atoms with Crippen LogP contribution in [0.2, 0.25) is 0 Å². The molecule has 1 unspecified atom stereocenters. The van der Waals surface area contributed by atoms with Gasteiger partial charge in [0.05, 0.1) is 6.61 Å². The second-order valence-electron chi connectivity index (χ2n) is 9.09. The van der Waals surface area contributed by atoms with Crippen molar-refractivity contribution in [2.45, 2.75) is 83.5 Å². The molecule has 2 heteroatoms. The highest BCUT2D eigenvalue weighted by molar-refractivity contribution is 5.40. The second kappa shape index (κ2) is 9.32. The third kappa shape index (κ3) is 4.68. The summed E-state index contributed by atoms with van der Waals surface area (Å²) in [7, 11) is 0. The normalized spacial score (nSPS) is 24.2. The summed E-state index contributed by atoms with van der Waals surface area (Å²) < 4.78 is 20.7. The molecule has 1 atom stereocenters. The van der Waals surface area contributed by atoms with Gasteiger partial charge in [0.1, 0.15) is 11.6 Å². The largest absolute Gasteiger partial charge is 0.494 e. The van der Waals surface area contributed by atoms with Crippen LogP contribution in [0.3, 0.4) is 0 Å². The van der Waals surface area contributed by atoms with E-state index in [2.05, 4.69) is 37.3 Å². The molecule has 0 bridgehead atoms. The predicted molar refractivity (Wildman–Crippen MR) is 118 cm³/mol. The van der Waals surface area contributed by atoms with Crippen LogP contribution < -0.4 is 4.74 Å². The highest BCUT2D eigenvalue weighted by Crippen LogP contribution is 2.40. The molecule has 0 amide bonds. The van der Waals surface area contributed by atoms with Crippen LogP contribution in [0.1, 0.15) is 92.9 Å². The van der Waals surface area contributed by atoms with Crippen molar-refractivity contribution in [3.05, 3.63) is 64.5 Å². The Morgan fingerprint density at radius 2 is 1.72 bits per heavy atom. The van der Waals surface area contributed by atoms with E-state index in [1.807, 2.05) is 13.0 Å². The summed E-state index contributed by atoms with van der Waals surface area (Å²) in [4.78, 5) is 0. The first-order valence-corrected chi connectivity index (χ1v) is 11.7. The molecule has 2 aliphatic carbocycles. The Kier molecular flexibility index (Phi) is 6.57. The fourth-order valence-electron chi connectivity index (χ4n) is 5.57. The standard InChI is InChI=1S/C27H35FO/c1-3-5-19-6-8-20(9-7-19)23-13-15-26(27(28)18-23)24-11-10-22-17-25(29-4-2)14-12-21(22)16-24/h12-15,17-20,24H,3-11,16H2,1-2H3. The van der Waals surface area contributed by atoms with Crippen LogP contribution in [0.25, 0.3) is 0 Å². The zero-order valence-corrected chi connectivity index (χ0v) is 18.1. The van der Waals surface area contributed by atoms with E-state index in [9.17, 15) is 0 Å². The molecule has 1 saturated carbocycles. The average molecular weight is 395 g/mol. The maximum absolute atomic E-state index is 15.1. The second-order valence-corrected chi connectivity index (χ2v) is 9.09. The summed E-state index contributed by atoms with van der Waals surface area (Å²) in [5.41, 5.74) is 4.85. The Morgan fingerprint density at radius 1 is 0.897 bits per heavy atom. The maximum Gasteiger partial charge on any atom is 0.126 e. The summed E-state index contributed by atoms with van der Waals surface area (Å²) in [6.45, 7) is 4.99. The number of ether oxygens (including phenoxy) is 1. The molecular formula is C27H35FO. The number of halogens is 1. The summed E-state index contributed by atoms with van der Waals surface area (Å²) in [6, 6.07) is 12.6. The number of rotatable bonds is 6. The van der Waals surface area contributed by atoms with E-state index >= 15 is 4.39 Å². The van der Waals surface area contributed by atoms with Gasteiger partial charge in [-0.1, -0.05) is 38.0 Å². The van der Waals surface area contributed by atoms with Crippen molar-refractivity contribution in [1.82, 2.24) is 0 Å². The number of aryl methyl sites for hydroxylation is 1. The number of hydrogen-bond acceptors (Lipinski definition) is 1. The molecule has 2 aliphatic rings. The van der Waals surface area contributed by atoms with Crippen molar-refractivity contribution >= 4 is 0 Å². The van der Waals surface area contributed by atoms with Gasteiger partial charge in [0.15, 0.2) is 0 Å². The number of hydrogen-bond donors (Lipinski definition) is 0. The van der Waals surface area contributed by atoms with Crippen LogP contribution >= 0.6 is 0 Å². The van der Waals surface area contributed by atoms with Crippen molar-refractivity contribution in [2.75, 3.05) is 6.61 Å². The molecule has 0 aliphatic heterocycles. The van der Waals surface area contributed by atoms with Crippen molar-refractivity contribution in [3.63, 3.8) is 0 Å². The van der Waals surface area contributed by atoms with Gasteiger partial charge in [0.25, 0.3) is 0 Å². The molecular weight excluding hydrogens is 359 g/mol. The van der Waals surface area contributed by atoms with Gasteiger partial charge in [0.2, 0.25) is 0 Å². The van der Waals surface area contributed by atoms with Gasteiger partial charge >= 0.3 is 0 Å². The van der Waals surface area contributed by atoms with E-state index in [0.717, 1.165) is 36.5 Å². The highest BCUT2D eigenvalue weighted by Gasteiger charge is 2.25. The fraction of sp³-hybridized carbons (Fsp3) is 0.556. The zero-order valence-electron chi connectivity index (χ0n) is 18.1. The smallest absolute Gasteiger partial charge is 0.126 e. The lowest BCUT2D eigenvalue weighted by Crippen LogP contribution is -2.16. The van der Waals surface area contributed by atoms with Crippen LogP contribution in [0.15, 0.2) is 36.4 Å². The van der Waals surface area contributed by atoms with Gasteiger partial charge in [-0.15, -0.1) is 0 Å². The minimum absolute atomic E-state index is 0.0116. The van der Waals surface area contributed by atoms with Crippen LogP contribution in [0, 0.1) is 11.7 Å². The first-order valence-electron chi connectivity index (χ1n) is 11.7. The molecule has 0 radical (unpaired) electrons. The zero-order chi connectivity index (χ0) is 20.2. The molecule has 2 aromatic rings. The van der Waals surface area contributed by atoms with Crippen LogP contribution in [-0.2, 0) is 12.8 Å². The van der Waals surface area contributed by atoms with Crippen LogP contribution in [0.4, 0.5) is 4.39 Å². The molecule has 0 heterocycles. The molecule has 4 rings (SSSR count). The molecule has 2 aromatic carbocycles. The Morgan fingerprint density at radius 3 is 2.45 bits per heavy atom. The summed E-state index contributed by atoms with van der Waals surface area (Å²) in [5, 5.41) is 0. The summed E-state index contributed by atoms with van der Waals surface area (Å²) >= 11 is 0. The van der Waals surface area contributed by atoms with E-state index in [1.54, 1.807) is 0 Å². The molecule has 0 spiro atoms. The minimum atomic E-state index is 0.0116. The molecule has 156 valence electrons. The van der Waals surface area contributed by atoms with Crippen LogP contribution in [-0.4, -0.2) is 6.61 Å². The van der Waals surface area contributed by atoms with Gasteiger partial charge in [-0.25, -0.2) is 4.39 Å². The molecule has 29 heavy (non-hydrogen) atoms.